The van der Waals surface area contributed by atoms with Crippen LogP contribution in [0.3, 0.4) is 0 Å². The molecule has 0 spiro atoms. The lowest BCUT2D eigenvalue weighted by Crippen LogP contribution is -2.12. The number of nitrogens with one attached hydrogen (secondary N) is 1. The van der Waals surface area contributed by atoms with Gasteiger partial charge in [-0.05, 0) is 68.8 Å². The molecule has 2 aromatic rings. The average Bonchev–Trinajstić information content (AvgIpc) is 2.46. The van der Waals surface area contributed by atoms with Crippen molar-refractivity contribution in [2.24, 2.45) is 0 Å². The molecular weight excluding hydrogens is 333 g/mol. The molecule has 2 nitrogen and oxygen atoms in total. The van der Waals surface area contributed by atoms with Crippen LogP contribution in [0, 0.1) is 19.7 Å². The van der Waals surface area contributed by atoms with Gasteiger partial charge < -0.3 is 10.1 Å². The van der Waals surface area contributed by atoms with Crippen LogP contribution in [0.4, 0.5) is 4.39 Å². The Kier molecular flexibility index (Phi) is 5.01. The minimum atomic E-state index is -0.354. The van der Waals surface area contributed by atoms with Gasteiger partial charge in [0.15, 0.2) is 11.6 Å². The van der Waals surface area contributed by atoms with E-state index in [4.69, 9.17) is 4.74 Å². The van der Waals surface area contributed by atoms with Crippen LogP contribution in [0.25, 0.3) is 0 Å². The summed E-state index contributed by atoms with van der Waals surface area (Å²) in [6.45, 7) is 5.95. The zero-order valence-corrected chi connectivity index (χ0v) is 14.2. The summed E-state index contributed by atoms with van der Waals surface area (Å²) < 4.78 is 20.9. The van der Waals surface area contributed by atoms with E-state index in [9.17, 15) is 4.39 Å². The van der Waals surface area contributed by atoms with E-state index in [1.807, 2.05) is 46.0 Å². The molecule has 112 valence electrons. The fraction of sp³-hybridized carbons (Fsp3) is 0.294. The van der Waals surface area contributed by atoms with Crippen LogP contribution in [-0.4, -0.2) is 7.05 Å². The molecule has 1 unspecified atom stereocenters. The van der Waals surface area contributed by atoms with E-state index in [2.05, 4.69) is 21.2 Å². The quantitative estimate of drug-likeness (QED) is 0.809. The van der Waals surface area contributed by atoms with E-state index < -0.39 is 0 Å². The molecule has 2 rings (SSSR count). The number of ether oxygens (including phenoxy) is 1. The lowest BCUT2D eigenvalue weighted by molar-refractivity contribution is 0.440. The van der Waals surface area contributed by atoms with Crippen molar-refractivity contribution in [3.8, 4) is 11.5 Å². The van der Waals surface area contributed by atoms with Crippen molar-refractivity contribution >= 4 is 15.9 Å². The third-order valence-electron chi connectivity index (χ3n) is 3.53. The van der Waals surface area contributed by atoms with Crippen molar-refractivity contribution in [2.75, 3.05) is 7.05 Å². The van der Waals surface area contributed by atoms with Crippen molar-refractivity contribution < 1.29 is 9.13 Å². The summed E-state index contributed by atoms with van der Waals surface area (Å²) in [6, 6.07) is 8.94. The van der Waals surface area contributed by atoms with Gasteiger partial charge in [0, 0.05) is 10.5 Å². The van der Waals surface area contributed by atoms with Crippen LogP contribution in [-0.2, 0) is 0 Å². The largest absolute Gasteiger partial charge is 0.454 e. The molecule has 0 aliphatic heterocycles. The highest BCUT2D eigenvalue weighted by Gasteiger charge is 2.11. The van der Waals surface area contributed by atoms with Crippen LogP contribution >= 0.6 is 15.9 Å². The molecule has 0 aliphatic rings. The predicted octanol–water partition coefficient (Wildman–Crippen LogP) is 5.28. The Bertz CT molecular complexity index is 634. The van der Waals surface area contributed by atoms with Gasteiger partial charge >= 0.3 is 0 Å². The van der Waals surface area contributed by atoms with Gasteiger partial charge in [0.25, 0.3) is 0 Å². The average molecular weight is 352 g/mol. The maximum atomic E-state index is 14.2. The van der Waals surface area contributed by atoms with Gasteiger partial charge in [-0.2, -0.15) is 0 Å². The van der Waals surface area contributed by atoms with Gasteiger partial charge in [0.05, 0.1) is 0 Å². The second-order valence-electron chi connectivity index (χ2n) is 5.17. The van der Waals surface area contributed by atoms with E-state index in [0.717, 1.165) is 21.2 Å². The number of benzene rings is 2. The lowest BCUT2D eigenvalue weighted by atomic mass is 10.1. The molecule has 0 heterocycles. The summed E-state index contributed by atoms with van der Waals surface area (Å²) in [5.41, 5.74) is 3.02. The molecular formula is C17H19BrFNO. The number of rotatable bonds is 4. The first-order valence-corrected chi connectivity index (χ1v) is 7.63. The van der Waals surface area contributed by atoms with Gasteiger partial charge in [-0.1, -0.05) is 22.0 Å². The zero-order chi connectivity index (χ0) is 15.6. The lowest BCUT2D eigenvalue weighted by Gasteiger charge is -2.14. The van der Waals surface area contributed by atoms with Gasteiger partial charge in [0.2, 0.25) is 0 Å². The van der Waals surface area contributed by atoms with Gasteiger partial charge in [0.1, 0.15) is 5.75 Å². The van der Waals surface area contributed by atoms with Crippen molar-refractivity contribution in [3.05, 3.63) is 57.3 Å². The van der Waals surface area contributed by atoms with E-state index in [1.54, 1.807) is 6.07 Å². The molecule has 0 amide bonds. The summed E-state index contributed by atoms with van der Waals surface area (Å²) in [6.07, 6.45) is 0. The molecule has 4 heteroatoms. The summed E-state index contributed by atoms with van der Waals surface area (Å²) >= 11 is 3.51. The highest BCUT2D eigenvalue weighted by molar-refractivity contribution is 9.10. The fourth-order valence-corrected chi connectivity index (χ4v) is 2.36. The molecule has 1 N–H and O–H groups in total. The van der Waals surface area contributed by atoms with E-state index in [1.165, 1.54) is 6.07 Å². The SMILES string of the molecule is CNC(C)c1ccc(Oc2cc(C)c(Br)c(C)c2)c(F)c1. The van der Waals surface area contributed by atoms with Crippen molar-refractivity contribution in [1.82, 2.24) is 5.32 Å². The Hall–Kier alpha value is -1.39. The molecule has 21 heavy (non-hydrogen) atoms. The minimum Gasteiger partial charge on any atom is -0.454 e. The smallest absolute Gasteiger partial charge is 0.166 e. The molecule has 0 saturated carbocycles. The first-order valence-electron chi connectivity index (χ1n) is 6.83. The summed E-state index contributed by atoms with van der Waals surface area (Å²) in [4.78, 5) is 0. The standard InChI is InChI=1S/C17H19BrFNO/c1-10-7-14(8-11(2)17(10)18)21-16-6-5-13(9-15(16)19)12(3)20-4/h5-9,12,20H,1-4H3. The monoisotopic (exact) mass is 351 g/mol. The molecule has 0 radical (unpaired) electrons. The Morgan fingerprint density at radius 2 is 1.76 bits per heavy atom. The van der Waals surface area contributed by atoms with E-state index >= 15 is 0 Å². The van der Waals surface area contributed by atoms with Crippen LogP contribution in [0.1, 0.15) is 29.7 Å². The van der Waals surface area contributed by atoms with Gasteiger partial charge in [-0.15, -0.1) is 0 Å². The Balaban J connectivity index is 2.28. The van der Waals surface area contributed by atoms with Gasteiger partial charge in [-0.3, -0.25) is 0 Å². The van der Waals surface area contributed by atoms with E-state index in [-0.39, 0.29) is 17.6 Å². The third kappa shape index (κ3) is 3.63. The highest BCUT2D eigenvalue weighted by atomic mass is 79.9. The molecule has 0 bridgehead atoms. The second kappa shape index (κ2) is 6.58. The number of halogens is 2. The van der Waals surface area contributed by atoms with Crippen LogP contribution in [0.2, 0.25) is 0 Å². The number of aryl methyl sites for hydroxylation is 2. The minimum absolute atomic E-state index is 0.103. The normalized spacial score (nSPS) is 12.3. The molecule has 0 saturated heterocycles. The van der Waals surface area contributed by atoms with Crippen molar-refractivity contribution in [1.29, 1.82) is 0 Å². The zero-order valence-electron chi connectivity index (χ0n) is 12.6. The maximum absolute atomic E-state index is 14.2. The number of hydrogen-bond acceptors (Lipinski definition) is 2. The summed E-state index contributed by atoms with van der Waals surface area (Å²) in [7, 11) is 1.85. The van der Waals surface area contributed by atoms with Gasteiger partial charge in [-0.25, -0.2) is 4.39 Å². The predicted molar refractivity (Wildman–Crippen MR) is 87.6 cm³/mol. The first-order chi connectivity index (χ1) is 9.92. The molecule has 1 atom stereocenters. The molecule has 0 fully saturated rings. The Morgan fingerprint density at radius 1 is 1.14 bits per heavy atom. The molecule has 2 aromatic carbocycles. The first kappa shape index (κ1) is 16.0. The highest BCUT2D eigenvalue weighted by Crippen LogP contribution is 2.31. The van der Waals surface area contributed by atoms with Crippen LogP contribution < -0.4 is 10.1 Å². The van der Waals surface area contributed by atoms with E-state index in [0.29, 0.717) is 5.75 Å². The Morgan fingerprint density at radius 3 is 2.29 bits per heavy atom. The Labute approximate surface area is 133 Å². The summed E-state index contributed by atoms with van der Waals surface area (Å²) in [5.74, 6) is 0.525. The fourth-order valence-electron chi connectivity index (χ4n) is 2.13. The second-order valence-corrected chi connectivity index (χ2v) is 5.97. The van der Waals surface area contributed by atoms with Crippen LogP contribution in [0.15, 0.2) is 34.8 Å². The molecule has 0 aliphatic carbocycles. The molecule has 0 aromatic heterocycles. The summed E-state index contributed by atoms with van der Waals surface area (Å²) in [5, 5.41) is 3.09. The van der Waals surface area contributed by atoms with Crippen LogP contribution in [0.5, 0.6) is 11.5 Å². The number of hydrogen-bond donors (Lipinski definition) is 1. The van der Waals surface area contributed by atoms with Crippen molar-refractivity contribution in [3.63, 3.8) is 0 Å². The van der Waals surface area contributed by atoms with Crippen molar-refractivity contribution in [2.45, 2.75) is 26.8 Å². The topological polar surface area (TPSA) is 21.3 Å². The third-order valence-corrected chi connectivity index (χ3v) is 4.78. The maximum Gasteiger partial charge on any atom is 0.166 e.